The van der Waals surface area contributed by atoms with E-state index in [9.17, 15) is 4.79 Å². The smallest absolute Gasteiger partial charge is 0.263 e. The van der Waals surface area contributed by atoms with Crippen molar-refractivity contribution in [2.75, 3.05) is 32.1 Å². The van der Waals surface area contributed by atoms with Crippen molar-refractivity contribution in [1.29, 1.82) is 0 Å². The lowest BCUT2D eigenvalue weighted by molar-refractivity contribution is 0.292. The number of H-pyrrole nitrogens is 2. The van der Waals surface area contributed by atoms with Crippen LogP contribution in [0, 0.1) is 6.92 Å². The van der Waals surface area contributed by atoms with Crippen molar-refractivity contribution >= 4 is 17.0 Å². The summed E-state index contributed by atoms with van der Waals surface area (Å²) in [5.41, 5.74) is 2.94. The van der Waals surface area contributed by atoms with E-state index in [-0.39, 0.29) is 5.56 Å². The van der Waals surface area contributed by atoms with Crippen LogP contribution in [0.3, 0.4) is 0 Å². The second-order valence-corrected chi connectivity index (χ2v) is 6.97. The molecule has 1 saturated heterocycles. The van der Waals surface area contributed by atoms with E-state index in [0.717, 1.165) is 13.1 Å². The zero-order valence-electron chi connectivity index (χ0n) is 14.7. The average molecular weight is 338 g/mol. The normalized spacial score (nSPS) is 20.7. The van der Waals surface area contributed by atoms with Gasteiger partial charge in [-0.05, 0) is 26.6 Å². The van der Waals surface area contributed by atoms with Gasteiger partial charge < -0.3 is 9.80 Å². The van der Waals surface area contributed by atoms with E-state index in [0.29, 0.717) is 28.9 Å². The molecule has 1 aromatic carbocycles. The summed E-state index contributed by atoms with van der Waals surface area (Å²) < 4.78 is 0. The van der Waals surface area contributed by atoms with Gasteiger partial charge >= 0.3 is 0 Å². The predicted molar refractivity (Wildman–Crippen MR) is 98.1 cm³/mol. The van der Waals surface area contributed by atoms with Gasteiger partial charge in [0.15, 0.2) is 5.65 Å². The largest absolute Gasteiger partial charge is 0.340 e. The summed E-state index contributed by atoms with van der Waals surface area (Å²) in [6.45, 7) is 3.73. The Bertz CT molecular complexity index is 942. The zero-order chi connectivity index (χ0) is 17.6. The third-order valence-electron chi connectivity index (χ3n) is 5.06. The number of fused-ring (bicyclic) bond motifs is 1. The summed E-state index contributed by atoms with van der Waals surface area (Å²) in [6, 6.07) is 9.07. The Morgan fingerprint density at radius 2 is 1.96 bits per heavy atom. The fraction of sp³-hybridized carbons (Fsp3) is 0.389. The zero-order valence-corrected chi connectivity index (χ0v) is 14.7. The molecule has 25 heavy (non-hydrogen) atoms. The number of hydrogen-bond acceptors (Lipinski definition) is 5. The van der Waals surface area contributed by atoms with E-state index in [1.807, 2.05) is 0 Å². The van der Waals surface area contributed by atoms with Gasteiger partial charge in [-0.3, -0.25) is 14.9 Å². The molecular weight excluding hydrogens is 316 g/mol. The van der Waals surface area contributed by atoms with E-state index in [1.54, 1.807) is 0 Å². The molecule has 0 saturated carbocycles. The van der Waals surface area contributed by atoms with Crippen molar-refractivity contribution < 1.29 is 0 Å². The molecule has 7 nitrogen and oxygen atoms in total. The van der Waals surface area contributed by atoms with Gasteiger partial charge in [-0.2, -0.15) is 10.1 Å². The molecule has 0 aliphatic carbocycles. The first kappa shape index (κ1) is 15.8. The lowest BCUT2D eigenvalue weighted by Gasteiger charge is -2.25. The van der Waals surface area contributed by atoms with Crippen LogP contribution in [0.25, 0.3) is 11.0 Å². The van der Waals surface area contributed by atoms with Gasteiger partial charge in [-0.15, -0.1) is 0 Å². The fourth-order valence-corrected chi connectivity index (χ4v) is 3.61. The molecule has 0 spiro atoms. The molecule has 1 aliphatic rings. The molecule has 3 aromatic rings. The Kier molecular flexibility index (Phi) is 3.80. The average Bonchev–Trinajstić information content (AvgIpc) is 3.22. The number of nitrogens with zero attached hydrogens (tertiary/aromatic N) is 4. The van der Waals surface area contributed by atoms with Crippen LogP contribution in [-0.2, 0) is 0 Å². The number of hydrogen-bond donors (Lipinski definition) is 2. The van der Waals surface area contributed by atoms with Gasteiger partial charge in [-0.1, -0.05) is 29.8 Å². The van der Waals surface area contributed by atoms with Crippen LogP contribution in [0.15, 0.2) is 35.3 Å². The number of aromatic amines is 2. The van der Waals surface area contributed by atoms with Crippen molar-refractivity contribution in [2.45, 2.75) is 18.9 Å². The quantitative estimate of drug-likeness (QED) is 0.756. The number of rotatable bonds is 3. The molecular formula is C18H22N6O. The monoisotopic (exact) mass is 338 g/mol. The molecule has 2 N–H and O–H groups in total. The number of likely N-dealkylation sites (N-methyl/N-ethyl adjacent to an activating group) is 1. The van der Waals surface area contributed by atoms with Gasteiger partial charge in [0.1, 0.15) is 5.39 Å². The first-order chi connectivity index (χ1) is 12.0. The van der Waals surface area contributed by atoms with Crippen LogP contribution in [-0.4, -0.2) is 58.3 Å². The first-order valence-electron chi connectivity index (χ1n) is 8.44. The minimum Gasteiger partial charge on any atom is -0.340 e. The SMILES string of the molecule is Cc1ccc([C@H]2CN(c3nc4[nH]ncc4c(=O)[nH]3)C[C@@H]2N(C)C)cc1. The minimum atomic E-state index is -0.158. The Balaban J connectivity index is 1.69. The van der Waals surface area contributed by atoms with Crippen LogP contribution in [0.4, 0.5) is 5.95 Å². The maximum atomic E-state index is 12.2. The Labute approximate surface area is 145 Å². The van der Waals surface area contributed by atoms with E-state index in [1.165, 1.54) is 17.3 Å². The lowest BCUT2D eigenvalue weighted by Crippen LogP contribution is -2.35. The summed E-state index contributed by atoms with van der Waals surface area (Å²) in [6.07, 6.45) is 1.51. The summed E-state index contributed by atoms with van der Waals surface area (Å²) >= 11 is 0. The van der Waals surface area contributed by atoms with Crippen molar-refractivity contribution in [3.63, 3.8) is 0 Å². The number of aromatic nitrogens is 4. The Morgan fingerprint density at radius 3 is 2.68 bits per heavy atom. The third-order valence-corrected chi connectivity index (χ3v) is 5.06. The summed E-state index contributed by atoms with van der Waals surface area (Å²) in [4.78, 5) is 24.1. The molecule has 4 rings (SSSR count). The second kappa shape index (κ2) is 6.00. The Hall–Kier alpha value is -2.67. The number of benzene rings is 1. The van der Waals surface area contributed by atoms with Crippen LogP contribution >= 0.6 is 0 Å². The minimum absolute atomic E-state index is 0.158. The highest BCUT2D eigenvalue weighted by Crippen LogP contribution is 2.32. The van der Waals surface area contributed by atoms with E-state index in [4.69, 9.17) is 0 Å². The highest BCUT2D eigenvalue weighted by atomic mass is 16.1. The number of aryl methyl sites for hydroxylation is 1. The van der Waals surface area contributed by atoms with E-state index in [2.05, 4.69) is 75.2 Å². The highest BCUT2D eigenvalue weighted by molar-refractivity contribution is 5.73. The van der Waals surface area contributed by atoms with Crippen molar-refractivity contribution in [3.8, 4) is 0 Å². The molecule has 2 aromatic heterocycles. The molecule has 130 valence electrons. The molecule has 0 radical (unpaired) electrons. The van der Waals surface area contributed by atoms with Crippen LogP contribution in [0.5, 0.6) is 0 Å². The summed E-state index contributed by atoms with van der Waals surface area (Å²) in [5, 5.41) is 7.19. The van der Waals surface area contributed by atoms with Gasteiger partial charge in [0, 0.05) is 25.0 Å². The van der Waals surface area contributed by atoms with Crippen molar-refractivity contribution in [2.24, 2.45) is 0 Å². The number of nitrogens with one attached hydrogen (secondary N) is 2. The van der Waals surface area contributed by atoms with Gasteiger partial charge in [0.2, 0.25) is 5.95 Å². The van der Waals surface area contributed by atoms with Crippen molar-refractivity contribution in [3.05, 3.63) is 51.9 Å². The van der Waals surface area contributed by atoms with E-state index >= 15 is 0 Å². The molecule has 1 aliphatic heterocycles. The number of anilines is 1. The first-order valence-corrected chi connectivity index (χ1v) is 8.44. The molecule has 7 heteroatoms. The highest BCUT2D eigenvalue weighted by Gasteiger charge is 2.36. The maximum absolute atomic E-state index is 12.2. The maximum Gasteiger partial charge on any atom is 0.263 e. The van der Waals surface area contributed by atoms with Crippen molar-refractivity contribution in [1.82, 2.24) is 25.1 Å². The standard InChI is InChI=1S/C18H22N6O/c1-11-4-6-12(7-5-11)14-9-24(10-15(14)23(2)3)18-20-16-13(8-19-22-16)17(25)21-18/h4-8,14-15H,9-10H2,1-3H3,(H2,19,20,21,22,25)/t14-,15+/m1/s1. The molecule has 0 unspecified atom stereocenters. The second-order valence-electron chi connectivity index (χ2n) is 6.97. The molecule has 1 fully saturated rings. The van der Waals surface area contributed by atoms with Gasteiger partial charge in [0.05, 0.1) is 6.20 Å². The molecule has 3 heterocycles. The van der Waals surface area contributed by atoms with E-state index < -0.39 is 0 Å². The van der Waals surface area contributed by atoms with Crippen LogP contribution in [0.1, 0.15) is 17.0 Å². The molecule has 0 bridgehead atoms. The fourth-order valence-electron chi connectivity index (χ4n) is 3.61. The third kappa shape index (κ3) is 2.80. The predicted octanol–water partition coefficient (Wildman–Crippen LogP) is 1.49. The summed E-state index contributed by atoms with van der Waals surface area (Å²) in [5.74, 6) is 0.960. The summed E-state index contributed by atoms with van der Waals surface area (Å²) in [7, 11) is 4.20. The molecule has 2 atom stereocenters. The lowest BCUT2D eigenvalue weighted by atomic mass is 9.93. The van der Waals surface area contributed by atoms with Gasteiger partial charge in [-0.25, -0.2) is 0 Å². The topological polar surface area (TPSA) is 80.9 Å². The van der Waals surface area contributed by atoms with Crippen LogP contribution in [0.2, 0.25) is 0 Å². The van der Waals surface area contributed by atoms with Gasteiger partial charge in [0.25, 0.3) is 5.56 Å². The Morgan fingerprint density at radius 1 is 1.20 bits per heavy atom. The van der Waals surface area contributed by atoms with Crippen LogP contribution < -0.4 is 10.5 Å². The molecule has 0 amide bonds.